The number of aromatic nitrogens is 2. The van der Waals surface area contributed by atoms with Crippen LogP contribution >= 0.6 is 0 Å². The number of carbonyl (C=O) groups excluding carboxylic acids is 1. The van der Waals surface area contributed by atoms with Crippen LogP contribution in [0.1, 0.15) is 0 Å². The molecule has 1 heterocycles. The van der Waals surface area contributed by atoms with Gasteiger partial charge in [0, 0.05) is 29.1 Å². The third-order valence-electron chi connectivity index (χ3n) is 4.44. The van der Waals surface area contributed by atoms with Crippen LogP contribution in [0.5, 0.6) is 5.75 Å². The van der Waals surface area contributed by atoms with Crippen LogP contribution < -0.4 is 15.4 Å². The molecule has 0 radical (unpaired) electrons. The molecule has 9 nitrogen and oxygen atoms in total. The largest absolute Gasteiger partial charge is 0.497 e. The molecule has 0 saturated carbocycles. The number of methoxy groups -OCH3 is 1. The second-order valence-electron chi connectivity index (χ2n) is 6.43. The number of carbonyl (C=O) groups is 1. The summed E-state index contributed by atoms with van der Waals surface area (Å²) in [6.45, 7) is 0. The Hall–Kier alpha value is -4.40. The number of nitro groups is 1. The molecule has 3 N–H and O–H groups in total. The van der Waals surface area contributed by atoms with Crippen molar-refractivity contribution in [1.82, 2.24) is 9.97 Å². The van der Waals surface area contributed by atoms with E-state index in [4.69, 9.17) is 4.74 Å². The summed E-state index contributed by atoms with van der Waals surface area (Å²) in [5, 5.41) is 16.1. The summed E-state index contributed by atoms with van der Waals surface area (Å²) in [6.07, 6.45) is 0. The Kier molecular flexibility index (Phi) is 5.00. The molecule has 3 aromatic carbocycles. The number of nitro benzene ring substituents is 1. The molecule has 4 rings (SSSR count). The van der Waals surface area contributed by atoms with Crippen LogP contribution in [0.25, 0.3) is 22.4 Å². The molecule has 0 bridgehead atoms. The van der Waals surface area contributed by atoms with Gasteiger partial charge in [0.2, 0.25) is 0 Å². The number of benzene rings is 3. The van der Waals surface area contributed by atoms with E-state index in [-0.39, 0.29) is 5.69 Å². The van der Waals surface area contributed by atoms with E-state index in [0.717, 1.165) is 22.3 Å². The van der Waals surface area contributed by atoms with Gasteiger partial charge < -0.3 is 20.4 Å². The molecule has 0 atom stereocenters. The third-order valence-corrected chi connectivity index (χ3v) is 4.44. The molecule has 4 aromatic rings. The molecule has 30 heavy (non-hydrogen) atoms. The standard InChI is InChI=1S/C21H17N5O4/c1-30-17-9-2-13(3-10-17)20-24-18-11-6-15(12-19(18)25-20)23-21(27)22-14-4-7-16(8-5-14)26(28)29/h2-12H,1H3,(H,24,25)(H2,22,23,27). The fraction of sp³-hybridized carbons (Fsp3) is 0.0476. The van der Waals surface area contributed by atoms with E-state index in [1.54, 1.807) is 25.3 Å². The fourth-order valence-corrected chi connectivity index (χ4v) is 2.93. The number of amides is 2. The molecule has 0 saturated heterocycles. The van der Waals surface area contributed by atoms with Crippen molar-refractivity contribution in [1.29, 1.82) is 0 Å². The average Bonchev–Trinajstić information content (AvgIpc) is 3.17. The van der Waals surface area contributed by atoms with Crippen molar-refractivity contribution in [2.75, 3.05) is 17.7 Å². The molecule has 2 amide bonds. The molecule has 0 aliphatic heterocycles. The Morgan fingerprint density at radius 3 is 2.33 bits per heavy atom. The number of nitrogens with zero attached hydrogens (tertiary/aromatic N) is 2. The van der Waals surface area contributed by atoms with E-state index in [1.807, 2.05) is 24.3 Å². The number of anilines is 2. The van der Waals surface area contributed by atoms with Crippen LogP contribution in [0.3, 0.4) is 0 Å². The fourth-order valence-electron chi connectivity index (χ4n) is 2.93. The lowest BCUT2D eigenvalue weighted by molar-refractivity contribution is -0.384. The predicted octanol–water partition coefficient (Wildman–Crippen LogP) is 4.79. The number of H-pyrrole nitrogens is 1. The quantitative estimate of drug-likeness (QED) is 0.327. The number of nitrogens with one attached hydrogen (secondary N) is 3. The number of non-ortho nitro benzene ring substituents is 1. The Morgan fingerprint density at radius 2 is 1.67 bits per heavy atom. The van der Waals surface area contributed by atoms with Crippen LogP contribution in [0, 0.1) is 10.1 Å². The van der Waals surface area contributed by atoms with Gasteiger partial charge in [-0.1, -0.05) is 0 Å². The van der Waals surface area contributed by atoms with Gasteiger partial charge in [-0.3, -0.25) is 10.1 Å². The maximum atomic E-state index is 12.2. The summed E-state index contributed by atoms with van der Waals surface area (Å²) in [6, 6.07) is 18.0. The Bertz CT molecular complexity index is 1220. The van der Waals surface area contributed by atoms with Gasteiger partial charge in [0.15, 0.2) is 0 Å². The first-order valence-electron chi connectivity index (χ1n) is 8.98. The lowest BCUT2D eigenvalue weighted by Gasteiger charge is -2.07. The molecule has 0 unspecified atom stereocenters. The van der Waals surface area contributed by atoms with Crippen LogP contribution in [0.15, 0.2) is 66.7 Å². The van der Waals surface area contributed by atoms with Crippen molar-refractivity contribution in [2.24, 2.45) is 0 Å². The van der Waals surface area contributed by atoms with Crippen LogP contribution in [0.2, 0.25) is 0 Å². The summed E-state index contributed by atoms with van der Waals surface area (Å²) in [4.78, 5) is 30.2. The number of rotatable bonds is 5. The lowest BCUT2D eigenvalue weighted by atomic mass is 10.2. The maximum Gasteiger partial charge on any atom is 0.323 e. The third kappa shape index (κ3) is 4.04. The highest BCUT2D eigenvalue weighted by atomic mass is 16.6. The van der Waals surface area contributed by atoms with E-state index in [0.29, 0.717) is 17.2 Å². The second kappa shape index (κ2) is 7.92. The summed E-state index contributed by atoms with van der Waals surface area (Å²) < 4.78 is 5.17. The minimum atomic E-state index is -0.496. The molecule has 0 fully saturated rings. The van der Waals surface area contributed by atoms with Gasteiger partial charge >= 0.3 is 6.03 Å². The van der Waals surface area contributed by atoms with Gasteiger partial charge in [0.1, 0.15) is 11.6 Å². The zero-order chi connectivity index (χ0) is 21.1. The van der Waals surface area contributed by atoms with E-state index < -0.39 is 11.0 Å². The highest BCUT2D eigenvalue weighted by molar-refractivity contribution is 6.00. The second-order valence-corrected chi connectivity index (χ2v) is 6.43. The van der Waals surface area contributed by atoms with E-state index >= 15 is 0 Å². The van der Waals surface area contributed by atoms with Crippen molar-refractivity contribution in [2.45, 2.75) is 0 Å². The number of urea groups is 1. The highest BCUT2D eigenvalue weighted by Gasteiger charge is 2.09. The van der Waals surface area contributed by atoms with Crippen molar-refractivity contribution >= 4 is 34.1 Å². The SMILES string of the molecule is COc1ccc(-c2nc3ccc(NC(=O)Nc4ccc([N+](=O)[O-])cc4)cc3[nH]2)cc1. The average molecular weight is 403 g/mol. The molecule has 9 heteroatoms. The van der Waals surface area contributed by atoms with Crippen LogP contribution in [-0.4, -0.2) is 28.0 Å². The Balaban J connectivity index is 1.47. The summed E-state index contributed by atoms with van der Waals surface area (Å²) in [5.74, 6) is 1.47. The van der Waals surface area contributed by atoms with E-state index in [1.165, 1.54) is 24.3 Å². The monoisotopic (exact) mass is 403 g/mol. The van der Waals surface area contributed by atoms with E-state index in [9.17, 15) is 14.9 Å². The van der Waals surface area contributed by atoms with Gasteiger partial charge in [0.25, 0.3) is 5.69 Å². The van der Waals surface area contributed by atoms with Gasteiger partial charge in [-0.05, 0) is 54.6 Å². The Labute approximate surface area is 170 Å². The van der Waals surface area contributed by atoms with Gasteiger partial charge in [-0.15, -0.1) is 0 Å². The molecular weight excluding hydrogens is 386 g/mol. The van der Waals surface area contributed by atoms with Gasteiger partial charge in [0.05, 0.1) is 23.1 Å². The number of aromatic amines is 1. The number of ether oxygens (including phenoxy) is 1. The smallest absolute Gasteiger partial charge is 0.323 e. The first-order valence-corrected chi connectivity index (χ1v) is 8.98. The molecule has 150 valence electrons. The first-order chi connectivity index (χ1) is 14.5. The predicted molar refractivity (Wildman–Crippen MR) is 114 cm³/mol. The van der Waals surface area contributed by atoms with Crippen LogP contribution in [-0.2, 0) is 0 Å². The van der Waals surface area contributed by atoms with Crippen molar-refractivity contribution in [3.8, 4) is 17.1 Å². The lowest BCUT2D eigenvalue weighted by Crippen LogP contribution is -2.19. The summed E-state index contributed by atoms with van der Waals surface area (Å²) in [5.41, 5.74) is 3.43. The normalized spacial score (nSPS) is 10.6. The number of imidazole rings is 1. The minimum Gasteiger partial charge on any atom is -0.497 e. The van der Waals surface area contributed by atoms with Crippen molar-refractivity contribution in [3.05, 3.63) is 76.8 Å². The summed E-state index contributed by atoms with van der Waals surface area (Å²) >= 11 is 0. The number of fused-ring (bicyclic) bond motifs is 1. The first kappa shape index (κ1) is 18.9. The zero-order valence-electron chi connectivity index (χ0n) is 15.9. The van der Waals surface area contributed by atoms with Crippen LogP contribution in [0.4, 0.5) is 21.9 Å². The number of hydrogen-bond acceptors (Lipinski definition) is 5. The number of hydrogen-bond donors (Lipinski definition) is 3. The van der Waals surface area contributed by atoms with E-state index in [2.05, 4.69) is 20.6 Å². The molecule has 0 aliphatic carbocycles. The maximum absolute atomic E-state index is 12.2. The minimum absolute atomic E-state index is 0.0432. The topological polar surface area (TPSA) is 122 Å². The molecule has 1 aromatic heterocycles. The van der Waals surface area contributed by atoms with Crippen molar-refractivity contribution < 1.29 is 14.5 Å². The summed E-state index contributed by atoms with van der Waals surface area (Å²) in [7, 11) is 1.61. The van der Waals surface area contributed by atoms with Crippen molar-refractivity contribution in [3.63, 3.8) is 0 Å². The zero-order valence-corrected chi connectivity index (χ0v) is 15.9. The molecule has 0 spiro atoms. The van der Waals surface area contributed by atoms with Gasteiger partial charge in [-0.2, -0.15) is 0 Å². The molecular formula is C21H17N5O4. The highest BCUT2D eigenvalue weighted by Crippen LogP contribution is 2.24. The van der Waals surface area contributed by atoms with Gasteiger partial charge in [-0.25, -0.2) is 9.78 Å². The molecule has 0 aliphatic rings. The Morgan fingerprint density at radius 1 is 1.00 bits per heavy atom.